The summed E-state index contributed by atoms with van der Waals surface area (Å²) in [6, 6.07) is 7.14. The third kappa shape index (κ3) is 5.04. The number of benzene rings is 1. The molecule has 0 aliphatic carbocycles. The van der Waals surface area contributed by atoms with Crippen LogP contribution in [0.1, 0.15) is 48.9 Å². The molecule has 1 aromatic rings. The van der Waals surface area contributed by atoms with E-state index in [9.17, 15) is 23.2 Å². The number of nitrogens with zero attached hydrogens (tertiary/aromatic N) is 2. The number of likely N-dealkylation sites (tertiary alicyclic amines) is 1. The molecule has 0 radical (unpaired) electrons. The van der Waals surface area contributed by atoms with Gasteiger partial charge in [0.25, 0.3) is 11.8 Å². The van der Waals surface area contributed by atoms with E-state index in [1.807, 2.05) is 4.90 Å². The molecule has 0 spiro atoms. The second-order valence-electron chi connectivity index (χ2n) is 9.65. The molecule has 0 saturated carbocycles. The summed E-state index contributed by atoms with van der Waals surface area (Å²) in [5.74, 6) is 0.690. The van der Waals surface area contributed by atoms with Crippen LogP contribution in [0.3, 0.4) is 0 Å². The Morgan fingerprint density at radius 2 is 1.54 bits per heavy atom. The minimum absolute atomic E-state index is 0.0240. The number of nitrogens with one attached hydrogen (secondary N) is 1. The Morgan fingerprint density at radius 3 is 2.06 bits per heavy atom. The third-order valence-corrected chi connectivity index (χ3v) is 10.6. The van der Waals surface area contributed by atoms with Gasteiger partial charge in [0.2, 0.25) is 10.0 Å². The van der Waals surface area contributed by atoms with Crippen molar-refractivity contribution >= 4 is 21.8 Å². The molecule has 3 saturated heterocycles. The highest BCUT2D eigenvalue weighted by molar-refractivity contribution is 7.91. The molecule has 10 nitrogen and oxygen atoms in total. The summed E-state index contributed by atoms with van der Waals surface area (Å²) in [6.07, 6.45) is 3.30. The molecule has 0 atom stereocenters. The summed E-state index contributed by atoms with van der Waals surface area (Å²) < 4.78 is 37.2. The lowest BCUT2D eigenvalue weighted by Gasteiger charge is -2.43. The Morgan fingerprint density at radius 1 is 1.00 bits per heavy atom. The Balaban J connectivity index is 1.32. The number of piperidine rings is 2. The molecule has 3 fully saturated rings. The molecule has 2 amide bonds. The van der Waals surface area contributed by atoms with E-state index in [1.165, 1.54) is 4.31 Å². The molecule has 3 aliphatic rings. The van der Waals surface area contributed by atoms with Gasteiger partial charge in [-0.3, -0.25) is 14.8 Å². The summed E-state index contributed by atoms with van der Waals surface area (Å²) in [4.78, 5) is 27.2. The van der Waals surface area contributed by atoms with E-state index in [-0.39, 0.29) is 32.0 Å². The molecule has 1 aromatic carbocycles. The number of hydroxylamine groups is 1. The van der Waals surface area contributed by atoms with Crippen LogP contribution in [0.4, 0.5) is 0 Å². The molecule has 35 heavy (non-hydrogen) atoms. The quantitative estimate of drug-likeness (QED) is 0.441. The SMILES string of the molecule is COc1ccc(C(=O)N2CCC(C3CCN(S(=O)(=O)C4(C(=O)NO)CCOCC4)CC3)CC2)cc1. The normalized spacial score (nSPS) is 22.5. The number of rotatable bonds is 6. The first kappa shape index (κ1) is 25.9. The highest BCUT2D eigenvalue weighted by Crippen LogP contribution is 2.38. The van der Waals surface area contributed by atoms with Crippen molar-refractivity contribution in [2.75, 3.05) is 46.5 Å². The second kappa shape index (κ2) is 10.8. The van der Waals surface area contributed by atoms with E-state index < -0.39 is 20.7 Å². The fourth-order valence-corrected chi connectivity index (χ4v) is 7.88. The number of hydrogen-bond donors (Lipinski definition) is 2. The minimum Gasteiger partial charge on any atom is -0.497 e. The molecule has 0 unspecified atom stereocenters. The van der Waals surface area contributed by atoms with Crippen molar-refractivity contribution in [2.45, 2.75) is 43.3 Å². The topological polar surface area (TPSA) is 125 Å². The number of ether oxygens (including phenoxy) is 2. The van der Waals surface area contributed by atoms with E-state index >= 15 is 0 Å². The van der Waals surface area contributed by atoms with E-state index in [2.05, 4.69) is 0 Å². The average molecular weight is 510 g/mol. The van der Waals surface area contributed by atoms with Gasteiger partial charge in [-0.2, -0.15) is 0 Å². The molecular formula is C24H35N3O7S. The number of sulfonamides is 1. The van der Waals surface area contributed by atoms with Crippen molar-refractivity contribution in [1.29, 1.82) is 0 Å². The lowest BCUT2D eigenvalue weighted by Crippen LogP contribution is -2.60. The van der Waals surface area contributed by atoms with E-state index in [1.54, 1.807) is 36.9 Å². The van der Waals surface area contributed by atoms with Gasteiger partial charge in [-0.15, -0.1) is 0 Å². The number of amides is 2. The van der Waals surface area contributed by atoms with Gasteiger partial charge in [0.05, 0.1) is 7.11 Å². The van der Waals surface area contributed by atoms with Crippen LogP contribution in [-0.2, 0) is 19.6 Å². The Labute approximate surface area is 206 Å². The largest absolute Gasteiger partial charge is 0.497 e. The van der Waals surface area contributed by atoms with Crippen LogP contribution in [0, 0.1) is 11.8 Å². The van der Waals surface area contributed by atoms with Crippen molar-refractivity contribution in [2.24, 2.45) is 11.8 Å². The monoisotopic (exact) mass is 509 g/mol. The van der Waals surface area contributed by atoms with Gasteiger partial charge in [-0.1, -0.05) is 0 Å². The fourth-order valence-electron chi connectivity index (χ4n) is 5.73. The number of carbonyl (C=O) groups excluding carboxylic acids is 2. The van der Waals surface area contributed by atoms with Crippen LogP contribution < -0.4 is 10.2 Å². The average Bonchev–Trinajstić information content (AvgIpc) is 2.92. The molecule has 0 aromatic heterocycles. The first-order valence-corrected chi connectivity index (χ1v) is 13.7. The zero-order valence-corrected chi connectivity index (χ0v) is 21.0. The maximum Gasteiger partial charge on any atom is 0.266 e. The van der Waals surface area contributed by atoms with Crippen LogP contribution in [0.2, 0.25) is 0 Å². The second-order valence-corrected chi connectivity index (χ2v) is 11.9. The predicted octanol–water partition coefficient (Wildman–Crippen LogP) is 1.64. The van der Waals surface area contributed by atoms with Crippen LogP contribution in [0.5, 0.6) is 5.75 Å². The van der Waals surface area contributed by atoms with Crippen LogP contribution >= 0.6 is 0 Å². The Kier molecular flexibility index (Phi) is 7.99. The lowest BCUT2D eigenvalue weighted by atomic mass is 9.79. The van der Waals surface area contributed by atoms with Gasteiger partial charge in [0, 0.05) is 57.8 Å². The smallest absolute Gasteiger partial charge is 0.266 e. The van der Waals surface area contributed by atoms with E-state index in [0.717, 1.165) is 25.7 Å². The highest BCUT2D eigenvalue weighted by atomic mass is 32.2. The van der Waals surface area contributed by atoms with Gasteiger partial charge >= 0.3 is 0 Å². The first-order chi connectivity index (χ1) is 16.8. The van der Waals surface area contributed by atoms with Crippen molar-refractivity contribution in [1.82, 2.24) is 14.7 Å². The summed E-state index contributed by atoms with van der Waals surface area (Å²) in [5, 5.41) is 9.23. The molecule has 3 heterocycles. The van der Waals surface area contributed by atoms with Crippen molar-refractivity contribution < 1.29 is 32.7 Å². The number of methoxy groups -OCH3 is 1. The summed E-state index contributed by atoms with van der Waals surface area (Å²) in [7, 11) is -2.35. The molecule has 4 rings (SSSR count). The zero-order chi connectivity index (χ0) is 25.1. The van der Waals surface area contributed by atoms with Crippen LogP contribution in [0.15, 0.2) is 24.3 Å². The standard InChI is InChI=1S/C24H35N3O7S/c1-33-21-4-2-20(3-5-21)22(28)26-12-6-18(7-13-26)19-8-14-27(15-9-19)35(31,32)24(23(29)25-30)10-16-34-17-11-24/h2-5,18-19,30H,6-17H2,1H3,(H,25,29). The van der Waals surface area contributed by atoms with Gasteiger partial charge in [-0.25, -0.2) is 18.2 Å². The third-order valence-electron chi connectivity index (χ3n) is 7.98. The maximum atomic E-state index is 13.5. The Bertz CT molecular complexity index is 992. The summed E-state index contributed by atoms with van der Waals surface area (Å²) in [5.41, 5.74) is 2.22. The molecule has 194 valence electrons. The molecular weight excluding hydrogens is 474 g/mol. The predicted molar refractivity (Wildman–Crippen MR) is 128 cm³/mol. The van der Waals surface area contributed by atoms with E-state index in [4.69, 9.17) is 9.47 Å². The minimum atomic E-state index is -3.95. The highest BCUT2D eigenvalue weighted by Gasteiger charge is 2.54. The van der Waals surface area contributed by atoms with Gasteiger partial charge in [0.1, 0.15) is 5.75 Å². The van der Waals surface area contributed by atoms with Gasteiger partial charge < -0.3 is 14.4 Å². The zero-order valence-electron chi connectivity index (χ0n) is 20.1. The fraction of sp³-hybridized carbons (Fsp3) is 0.667. The van der Waals surface area contributed by atoms with Crippen molar-refractivity contribution in [3.63, 3.8) is 0 Å². The molecule has 3 aliphatic heterocycles. The maximum absolute atomic E-state index is 13.5. The summed E-state index contributed by atoms with van der Waals surface area (Å²) >= 11 is 0. The van der Waals surface area contributed by atoms with Gasteiger partial charge in [-0.05, 0) is 61.8 Å². The number of hydrogen-bond acceptors (Lipinski definition) is 7. The van der Waals surface area contributed by atoms with Crippen molar-refractivity contribution in [3.05, 3.63) is 29.8 Å². The summed E-state index contributed by atoms with van der Waals surface area (Å²) in [6.45, 7) is 2.42. The number of carbonyl (C=O) groups is 2. The van der Waals surface area contributed by atoms with Crippen LogP contribution in [-0.4, -0.2) is 85.9 Å². The lowest BCUT2D eigenvalue weighted by molar-refractivity contribution is -0.134. The Hall–Kier alpha value is -2.21. The van der Waals surface area contributed by atoms with Gasteiger partial charge in [0.15, 0.2) is 4.75 Å². The molecule has 11 heteroatoms. The molecule has 2 N–H and O–H groups in total. The molecule has 0 bridgehead atoms. The van der Waals surface area contributed by atoms with Crippen LogP contribution in [0.25, 0.3) is 0 Å². The van der Waals surface area contributed by atoms with E-state index in [0.29, 0.717) is 49.3 Å². The van der Waals surface area contributed by atoms with Crippen molar-refractivity contribution in [3.8, 4) is 5.75 Å². The first-order valence-electron chi connectivity index (χ1n) is 12.3.